The first-order chi connectivity index (χ1) is 10.2. The van der Waals surface area contributed by atoms with E-state index in [1.165, 1.54) is 4.90 Å². The van der Waals surface area contributed by atoms with Crippen molar-refractivity contribution in [1.82, 2.24) is 4.90 Å². The Balaban J connectivity index is 2.02. The molecule has 0 aliphatic carbocycles. The summed E-state index contributed by atoms with van der Waals surface area (Å²) in [4.78, 5) is 13.8. The summed E-state index contributed by atoms with van der Waals surface area (Å²) in [7, 11) is -1.44. The number of halogens is 2. The van der Waals surface area contributed by atoms with E-state index in [2.05, 4.69) is 0 Å². The number of benzene rings is 1. The van der Waals surface area contributed by atoms with Crippen LogP contribution in [-0.2, 0) is 14.6 Å². The molecule has 1 fully saturated rings. The Bertz CT molecular complexity index is 657. The lowest BCUT2D eigenvalue weighted by molar-refractivity contribution is -0.138. The molecule has 1 aromatic rings. The van der Waals surface area contributed by atoms with Crippen LogP contribution in [0.1, 0.15) is 13.3 Å². The highest BCUT2D eigenvalue weighted by atomic mass is 35.5. The number of carbonyl (C=O) groups excluding carboxylic acids is 1. The van der Waals surface area contributed by atoms with Crippen molar-refractivity contribution in [2.45, 2.75) is 25.5 Å². The van der Waals surface area contributed by atoms with Gasteiger partial charge in [0.15, 0.2) is 15.9 Å². The zero-order valence-corrected chi connectivity index (χ0v) is 14.6. The van der Waals surface area contributed by atoms with Gasteiger partial charge in [-0.15, -0.1) is 0 Å². The van der Waals surface area contributed by atoms with Gasteiger partial charge in [0.25, 0.3) is 5.91 Å². The predicted molar refractivity (Wildman–Crippen MR) is 86.4 cm³/mol. The molecule has 0 bridgehead atoms. The molecule has 122 valence electrons. The zero-order chi connectivity index (χ0) is 16.5. The van der Waals surface area contributed by atoms with Crippen molar-refractivity contribution >= 4 is 38.9 Å². The van der Waals surface area contributed by atoms with E-state index in [1.807, 2.05) is 0 Å². The second-order valence-corrected chi connectivity index (χ2v) is 8.47. The monoisotopic (exact) mass is 365 g/mol. The molecule has 0 aromatic heterocycles. The van der Waals surface area contributed by atoms with Gasteiger partial charge >= 0.3 is 0 Å². The summed E-state index contributed by atoms with van der Waals surface area (Å²) in [6.07, 6.45) is -0.303. The van der Waals surface area contributed by atoms with Crippen molar-refractivity contribution in [2.75, 3.05) is 18.6 Å². The Morgan fingerprint density at radius 3 is 2.41 bits per heavy atom. The lowest BCUT2D eigenvalue weighted by Gasteiger charge is -2.26. The molecule has 2 unspecified atom stereocenters. The van der Waals surface area contributed by atoms with Gasteiger partial charge in [-0.3, -0.25) is 4.79 Å². The minimum Gasteiger partial charge on any atom is -0.481 e. The number of ether oxygens (including phenoxy) is 1. The molecule has 2 atom stereocenters. The van der Waals surface area contributed by atoms with Gasteiger partial charge in [-0.25, -0.2) is 8.42 Å². The van der Waals surface area contributed by atoms with E-state index in [9.17, 15) is 13.2 Å². The van der Waals surface area contributed by atoms with Crippen LogP contribution in [0.5, 0.6) is 5.75 Å². The van der Waals surface area contributed by atoms with Crippen molar-refractivity contribution in [3.63, 3.8) is 0 Å². The van der Waals surface area contributed by atoms with Crippen LogP contribution in [0, 0.1) is 0 Å². The number of rotatable bonds is 4. The lowest BCUT2D eigenvalue weighted by Crippen LogP contribution is -2.44. The average molecular weight is 366 g/mol. The third-order valence-corrected chi connectivity index (χ3v) is 5.79. The zero-order valence-electron chi connectivity index (χ0n) is 12.3. The first-order valence-corrected chi connectivity index (χ1v) is 9.35. The normalized spacial score (nSPS) is 21.4. The van der Waals surface area contributed by atoms with Crippen LogP contribution in [0.15, 0.2) is 18.2 Å². The summed E-state index contributed by atoms with van der Waals surface area (Å²) in [5.41, 5.74) is 0. The highest BCUT2D eigenvalue weighted by Crippen LogP contribution is 2.25. The Morgan fingerprint density at radius 1 is 1.32 bits per heavy atom. The summed E-state index contributed by atoms with van der Waals surface area (Å²) in [6, 6.07) is 4.40. The Hall–Kier alpha value is -0.980. The Kier molecular flexibility index (Phi) is 5.25. The highest BCUT2D eigenvalue weighted by molar-refractivity contribution is 7.91. The number of sulfone groups is 1. The van der Waals surface area contributed by atoms with Gasteiger partial charge < -0.3 is 9.64 Å². The molecule has 1 aliphatic heterocycles. The molecule has 1 aromatic carbocycles. The number of carbonyl (C=O) groups is 1. The average Bonchev–Trinajstić information content (AvgIpc) is 2.76. The van der Waals surface area contributed by atoms with Crippen molar-refractivity contribution in [1.29, 1.82) is 0 Å². The largest absolute Gasteiger partial charge is 0.481 e. The van der Waals surface area contributed by atoms with Crippen molar-refractivity contribution in [2.24, 2.45) is 0 Å². The van der Waals surface area contributed by atoms with Gasteiger partial charge in [0.2, 0.25) is 0 Å². The number of hydrogen-bond acceptors (Lipinski definition) is 4. The molecular weight excluding hydrogens is 349 g/mol. The molecule has 22 heavy (non-hydrogen) atoms. The number of hydrogen-bond donors (Lipinski definition) is 0. The highest BCUT2D eigenvalue weighted by Gasteiger charge is 2.34. The van der Waals surface area contributed by atoms with Gasteiger partial charge in [-0.1, -0.05) is 23.2 Å². The second-order valence-electron chi connectivity index (χ2n) is 5.37. The summed E-state index contributed by atoms with van der Waals surface area (Å²) < 4.78 is 28.6. The maximum atomic E-state index is 12.4. The van der Waals surface area contributed by atoms with E-state index in [0.717, 1.165) is 0 Å². The summed E-state index contributed by atoms with van der Waals surface area (Å²) in [5.74, 6) is 0.239. The number of amides is 1. The molecule has 1 amide bonds. The predicted octanol–water partition coefficient (Wildman–Crippen LogP) is 2.41. The Morgan fingerprint density at radius 2 is 1.91 bits per heavy atom. The number of likely N-dealkylation sites (N-methyl/N-ethyl adjacent to an activating group) is 1. The fourth-order valence-corrected chi connectivity index (χ4v) is 4.68. The van der Waals surface area contributed by atoms with E-state index in [0.29, 0.717) is 22.2 Å². The third-order valence-electron chi connectivity index (χ3n) is 3.60. The van der Waals surface area contributed by atoms with Crippen LogP contribution in [-0.4, -0.2) is 49.9 Å². The van der Waals surface area contributed by atoms with E-state index in [-0.39, 0.29) is 23.5 Å². The van der Waals surface area contributed by atoms with E-state index >= 15 is 0 Å². The number of nitrogens with zero attached hydrogens (tertiary/aromatic N) is 1. The van der Waals surface area contributed by atoms with Gasteiger partial charge in [0.1, 0.15) is 5.75 Å². The third kappa shape index (κ3) is 4.27. The molecule has 1 saturated heterocycles. The van der Waals surface area contributed by atoms with Crippen molar-refractivity contribution < 1.29 is 17.9 Å². The second kappa shape index (κ2) is 6.64. The van der Waals surface area contributed by atoms with E-state index < -0.39 is 15.9 Å². The van der Waals surface area contributed by atoms with Crippen LogP contribution in [0.25, 0.3) is 0 Å². The molecule has 0 N–H and O–H groups in total. The van der Waals surface area contributed by atoms with Crippen LogP contribution < -0.4 is 4.74 Å². The van der Waals surface area contributed by atoms with Crippen molar-refractivity contribution in [3.8, 4) is 5.75 Å². The molecule has 0 saturated carbocycles. The summed E-state index contributed by atoms with van der Waals surface area (Å²) in [6.45, 7) is 1.61. The minimum absolute atomic E-state index is 0.00491. The van der Waals surface area contributed by atoms with Crippen LogP contribution in [0.2, 0.25) is 10.0 Å². The first-order valence-electron chi connectivity index (χ1n) is 6.78. The summed E-state index contributed by atoms with van der Waals surface area (Å²) in [5, 5.41) is 0.828. The quantitative estimate of drug-likeness (QED) is 0.821. The molecule has 1 heterocycles. The smallest absolute Gasteiger partial charge is 0.263 e. The summed E-state index contributed by atoms with van der Waals surface area (Å²) >= 11 is 11.8. The van der Waals surface area contributed by atoms with Crippen molar-refractivity contribution in [3.05, 3.63) is 28.2 Å². The molecule has 8 heteroatoms. The van der Waals surface area contributed by atoms with Crippen LogP contribution >= 0.6 is 23.2 Å². The van der Waals surface area contributed by atoms with E-state index in [4.69, 9.17) is 27.9 Å². The first kappa shape index (κ1) is 17.4. The van der Waals surface area contributed by atoms with E-state index in [1.54, 1.807) is 32.2 Å². The van der Waals surface area contributed by atoms with Crippen LogP contribution in [0.4, 0.5) is 0 Å². The standard InChI is InChI=1S/C14H17Cl2NO4S/c1-9(21-13-6-10(15)5-11(16)7-13)14(18)17(2)12-3-4-22(19,20)8-12/h5-7,9,12H,3-4,8H2,1-2H3. The van der Waals surface area contributed by atoms with Gasteiger partial charge in [0, 0.05) is 23.1 Å². The van der Waals surface area contributed by atoms with Crippen LogP contribution in [0.3, 0.4) is 0 Å². The lowest BCUT2D eigenvalue weighted by atomic mass is 10.2. The van der Waals surface area contributed by atoms with Gasteiger partial charge in [-0.05, 0) is 31.5 Å². The Labute approximate surface area is 140 Å². The topological polar surface area (TPSA) is 63.7 Å². The molecule has 0 spiro atoms. The fourth-order valence-electron chi connectivity index (χ4n) is 2.40. The maximum Gasteiger partial charge on any atom is 0.263 e. The molecule has 1 aliphatic rings. The fraction of sp³-hybridized carbons (Fsp3) is 0.500. The molecular formula is C14H17Cl2NO4S. The minimum atomic E-state index is -3.04. The molecule has 0 radical (unpaired) electrons. The molecule has 2 rings (SSSR count). The maximum absolute atomic E-state index is 12.4. The van der Waals surface area contributed by atoms with Gasteiger partial charge in [0.05, 0.1) is 11.5 Å². The molecule has 5 nitrogen and oxygen atoms in total. The van der Waals surface area contributed by atoms with Gasteiger partial charge in [-0.2, -0.15) is 0 Å². The SMILES string of the molecule is CC(Oc1cc(Cl)cc(Cl)c1)C(=O)N(C)C1CCS(=O)(=O)C1.